The Morgan fingerprint density at radius 1 is 1.46 bits per heavy atom. The van der Waals surface area contributed by atoms with Crippen molar-refractivity contribution in [2.75, 3.05) is 31.1 Å². The number of hydrogen-bond donors (Lipinski definition) is 2. The summed E-state index contributed by atoms with van der Waals surface area (Å²) >= 11 is 0. The van der Waals surface area contributed by atoms with Crippen LogP contribution in [0.2, 0.25) is 0 Å². The zero-order valence-electron chi connectivity index (χ0n) is 14.8. The van der Waals surface area contributed by atoms with E-state index in [1.807, 2.05) is 17.9 Å². The summed E-state index contributed by atoms with van der Waals surface area (Å²) in [7, 11) is 0. The minimum absolute atomic E-state index is 0.0262. The lowest BCUT2D eigenvalue weighted by Crippen LogP contribution is -2.53. The molecule has 0 aromatic heterocycles. The molecule has 2 amide bonds. The molecule has 0 saturated carbocycles. The SMILES string of the molecule is CCN(CC(C)(C)O)C(=O)NC1CCCN(c2ccccc2F)C1. The maximum atomic E-state index is 14.0. The van der Waals surface area contributed by atoms with E-state index in [1.165, 1.54) is 6.07 Å². The molecule has 1 aromatic carbocycles. The fourth-order valence-corrected chi connectivity index (χ4v) is 3.08. The normalized spacial score (nSPS) is 18.4. The number of para-hydroxylation sites is 1. The minimum Gasteiger partial charge on any atom is -0.389 e. The predicted octanol–water partition coefficient (Wildman–Crippen LogP) is 2.60. The van der Waals surface area contributed by atoms with Crippen LogP contribution in [-0.2, 0) is 0 Å². The van der Waals surface area contributed by atoms with E-state index < -0.39 is 5.60 Å². The Hall–Kier alpha value is -1.82. The second-order valence-corrected chi connectivity index (χ2v) is 7.01. The first-order valence-corrected chi connectivity index (χ1v) is 8.57. The smallest absolute Gasteiger partial charge is 0.317 e. The molecular weight excluding hydrogens is 309 g/mol. The Morgan fingerprint density at radius 2 is 2.17 bits per heavy atom. The Kier molecular flexibility index (Phi) is 6.04. The van der Waals surface area contributed by atoms with Gasteiger partial charge in [0.2, 0.25) is 0 Å². The van der Waals surface area contributed by atoms with E-state index in [9.17, 15) is 14.3 Å². The zero-order valence-corrected chi connectivity index (χ0v) is 14.8. The van der Waals surface area contributed by atoms with E-state index >= 15 is 0 Å². The molecule has 5 nitrogen and oxygen atoms in total. The van der Waals surface area contributed by atoms with Gasteiger partial charge in [-0.3, -0.25) is 0 Å². The molecule has 1 aromatic rings. The number of urea groups is 1. The number of rotatable bonds is 5. The van der Waals surface area contributed by atoms with Crippen LogP contribution in [0.15, 0.2) is 24.3 Å². The highest BCUT2D eigenvalue weighted by Crippen LogP contribution is 2.23. The molecule has 2 rings (SSSR count). The molecule has 0 radical (unpaired) electrons. The molecule has 1 unspecified atom stereocenters. The van der Waals surface area contributed by atoms with Gasteiger partial charge in [-0.2, -0.15) is 0 Å². The van der Waals surface area contributed by atoms with Crippen LogP contribution >= 0.6 is 0 Å². The largest absolute Gasteiger partial charge is 0.389 e. The molecular formula is C18H28FN3O2. The molecule has 1 atom stereocenters. The number of anilines is 1. The quantitative estimate of drug-likeness (QED) is 0.868. The average Bonchev–Trinajstić information content (AvgIpc) is 2.52. The molecule has 2 N–H and O–H groups in total. The maximum Gasteiger partial charge on any atom is 0.317 e. The first-order valence-electron chi connectivity index (χ1n) is 8.57. The molecule has 0 spiro atoms. The number of carbonyl (C=O) groups is 1. The van der Waals surface area contributed by atoms with Crippen molar-refractivity contribution >= 4 is 11.7 Å². The van der Waals surface area contributed by atoms with Crippen molar-refractivity contribution in [2.24, 2.45) is 0 Å². The number of likely N-dealkylation sites (N-methyl/N-ethyl adjacent to an activating group) is 1. The highest BCUT2D eigenvalue weighted by atomic mass is 19.1. The van der Waals surface area contributed by atoms with Gasteiger partial charge in [0.1, 0.15) is 5.82 Å². The van der Waals surface area contributed by atoms with Gasteiger partial charge < -0.3 is 20.2 Å². The molecule has 6 heteroatoms. The van der Waals surface area contributed by atoms with Gasteiger partial charge in [0.15, 0.2) is 0 Å². The standard InChI is InChI=1S/C18H28FN3O2/c1-4-21(13-18(2,3)24)17(23)20-14-8-7-11-22(12-14)16-10-6-5-9-15(16)19/h5-6,9-10,14,24H,4,7-8,11-13H2,1-3H3,(H,20,23). The van der Waals surface area contributed by atoms with Crippen LogP contribution in [-0.4, -0.2) is 53.9 Å². The summed E-state index contributed by atoms with van der Waals surface area (Å²) in [4.78, 5) is 16.0. The number of carbonyl (C=O) groups excluding carboxylic acids is 1. The Bertz CT molecular complexity index is 559. The lowest BCUT2D eigenvalue weighted by Gasteiger charge is -2.36. The molecule has 1 aliphatic rings. The number of amides is 2. The summed E-state index contributed by atoms with van der Waals surface area (Å²) in [5.74, 6) is -0.235. The second kappa shape index (κ2) is 7.83. The highest BCUT2D eigenvalue weighted by molar-refractivity contribution is 5.74. The van der Waals surface area contributed by atoms with Crippen LogP contribution in [0.5, 0.6) is 0 Å². The van der Waals surface area contributed by atoms with Crippen molar-refractivity contribution < 1.29 is 14.3 Å². The number of nitrogens with one attached hydrogen (secondary N) is 1. The lowest BCUT2D eigenvalue weighted by atomic mass is 10.0. The summed E-state index contributed by atoms with van der Waals surface area (Å²) in [6.07, 6.45) is 1.77. The Morgan fingerprint density at radius 3 is 2.79 bits per heavy atom. The van der Waals surface area contributed by atoms with E-state index in [4.69, 9.17) is 0 Å². The van der Waals surface area contributed by atoms with Gasteiger partial charge in [-0.15, -0.1) is 0 Å². The summed E-state index contributed by atoms with van der Waals surface area (Å²) in [6, 6.07) is 6.52. The molecule has 1 aliphatic heterocycles. The molecule has 1 saturated heterocycles. The highest BCUT2D eigenvalue weighted by Gasteiger charge is 2.26. The number of aliphatic hydroxyl groups is 1. The van der Waals surface area contributed by atoms with Crippen molar-refractivity contribution in [2.45, 2.75) is 45.3 Å². The molecule has 1 fully saturated rings. The van der Waals surface area contributed by atoms with Crippen LogP contribution in [0.25, 0.3) is 0 Å². The van der Waals surface area contributed by atoms with E-state index in [-0.39, 0.29) is 24.4 Å². The van der Waals surface area contributed by atoms with Gasteiger partial charge in [-0.05, 0) is 45.7 Å². The average molecular weight is 337 g/mol. The monoisotopic (exact) mass is 337 g/mol. The van der Waals surface area contributed by atoms with Crippen molar-refractivity contribution in [3.05, 3.63) is 30.1 Å². The van der Waals surface area contributed by atoms with Crippen LogP contribution in [0.4, 0.5) is 14.9 Å². The number of nitrogens with zero attached hydrogens (tertiary/aromatic N) is 2. The second-order valence-electron chi connectivity index (χ2n) is 7.01. The van der Waals surface area contributed by atoms with E-state index in [0.717, 1.165) is 19.4 Å². The predicted molar refractivity (Wildman–Crippen MR) is 93.7 cm³/mol. The maximum absolute atomic E-state index is 14.0. The molecule has 0 aliphatic carbocycles. The third-order valence-corrected chi connectivity index (χ3v) is 4.19. The summed E-state index contributed by atoms with van der Waals surface area (Å²) in [5.41, 5.74) is -0.348. The number of benzene rings is 1. The Balaban J connectivity index is 1.97. The van der Waals surface area contributed by atoms with Crippen molar-refractivity contribution in [1.82, 2.24) is 10.2 Å². The van der Waals surface area contributed by atoms with Gasteiger partial charge in [-0.1, -0.05) is 12.1 Å². The molecule has 0 bridgehead atoms. The van der Waals surface area contributed by atoms with E-state index in [0.29, 0.717) is 18.8 Å². The molecule has 24 heavy (non-hydrogen) atoms. The van der Waals surface area contributed by atoms with Gasteiger partial charge >= 0.3 is 6.03 Å². The first-order chi connectivity index (χ1) is 11.3. The topological polar surface area (TPSA) is 55.8 Å². The van der Waals surface area contributed by atoms with Crippen LogP contribution in [0.3, 0.4) is 0 Å². The van der Waals surface area contributed by atoms with Crippen molar-refractivity contribution in [3.63, 3.8) is 0 Å². The number of piperidine rings is 1. The molecule has 134 valence electrons. The third kappa shape index (κ3) is 5.09. The van der Waals surface area contributed by atoms with Gasteiger partial charge in [0, 0.05) is 25.7 Å². The van der Waals surface area contributed by atoms with Crippen LogP contribution < -0.4 is 10.2 Å². The Labute approximate surface area is 143 Å². The van der Waals surface area contributed by atoms with Crippen LogP contribution in [0.1, 0.15) is 33.6 Å². The van der Waals surface area contributed by atoms with Gasteiger partial charge in [0.05, 0.1) is 17.8 Å². The number of halogens is 1. The van der Waals surface area contributed by atoms with Gasteiger partial charge in [0.25, 0.3) is 0 Å². The summed E-state index contributed by atoms with van der Waals surface area (Å²) in [6.45, 7) is 7.44. The van der Waals surface area contributed by atoms with Crippen molar-refractivity contribution in [1.29, 1.82) is 0 Å². The summed E-state index contributed by atoms with van der Waals surface area (Å²) < 4.78 is 14.0. The minimum atomic E-state index is -0.931. The van der Waals surface area contributed by atoms with Gasteiger partial charge in [-0.25, -0.2) is 9.18 Å². The summed E-state index contributed by atoms with van der Waals surface area (Å²) in [5, 5.41) is 12.9. The zero-order chi connectivity index (χ0) is 17.7. The number of hydrogen-bond acceptors (Lipinski definition) is 3. The van der Waals surface area contributed by atoms with E-state index in [2.05, 4.69) is 5.32 Å². The van der Waals surface area contributed by atoms with E-state index in [1.54, 1.807) is 30.9 Å². The fourth-order valence-electron chi connectivity index (χ4n) is 3.08. The molecule has 1 heterocycles. The third-order valence-electron chi connectivity index (χ3n) is 4.19. The van der Waals surface area contributed by atoms with Crippen molar-refractivity contribution in [3.8, 4) is 0 Å². The fraction of sp³-hybridized carbons (Fsp3) is 0.611. The van der Waals surface area contributed by atoms with Crippen LogP contribution in [0, 0.1) is 5.82 Å². The first kappa shape index (κ1) is 18.5. The lowest BCUT2D eigenvalue weighted by molar-refractivity contribution is 0.0475.